The van der Waals surface area contributed by atoms with Crippen molar-refractivity contribution in [1.29, 1.82) is 0 Å². The quantitative estimate of drug-likeness (QED) is 0.362. The summed E-state index contributed by atoms with van der Waals surface area (Å²) in [5, 5.41) is 0.733. The third-order valence-corrected chi connectivity index (χ3v) is 6.37. The molecule has 3 rings (SSSR count). The Kier molecular flexibility index (Phi) is 6.15. The van der Waals surface area contributed by atoms with E-state index in [1.54, 1.807) is 17.8 Å². The minimum atomic E-state index is -0.199. The molecule has 0 N–H and O–H groups in total. The molecule has 128 valence electrons. The van der Waals surface area contributed by atoms with Gasteiger partial charge in [-0.25, -0.2) is 0 Å². The smallest absolute Gasteiger partial charge is 0.273 e. The molecule has 0 aliphatic carbocycles. The van der Waals surface area contributed by atoms with E-state index in [-0.39, 0.29) is 5.56 Å². The first-order chi connectivity index (χ1) is 12.0. The Bertz CT molecular complexity index is 956. The van der Waals surface area contributed by atoms with Crippen LogP contribution in [0.4, 0.5) is 0 Å². The number of aromatic nitrogens is 2. The first-order valence-electron chi connectivity index (χ1n) is 7.72. The van der Waals surface area contributed by atoms with Crippen LogP contribution in [0, 0.1) is 6.92 Å². The molecule has 2 aromatic carbocycles. The minimum absolute atomic E-state index is 0.199. The average Bonchev–Trinajstić information content (AvgIpc) is 2.58. The van der Waals surface area contributed by atoms with Crippen molar-refractivity contribution in [3.8, 4) is 0 Å². The molecule has 6 heteroatoms. The van der Waals surface area contributed by atoms with Crippen LogP contribution in [0.2, 0.25) is 0 Å². The van der Waals surface area contributed by atoms with Gasteiger partial charge in [0.15, 0.2) is 5.16 Å². The van der Waals surface area contributed by atoms with Crippen molar-refractivity contribution >= 4 is 43.6 Å². The third-order valence-electron chi connectivity index (χ3n) is 3.80. The second-order valence-electron chi connectivity index (χ2n) is 5.58. The molecule has 1 heterocycles. The summed E-state index contributed by atoms with van der Waals surface area (Å²) in [5.41, 5.74) is 3.04. The summed E-state index contributed by atoms with van der Waals surface area (Å²) in [6.45, 7) is 2.61. The molecule has 0 spiro atoms. The van der Waals surface area contributed by atoms with Crippen LogP contribution >= 0.6 is 43.6 Å². The summed E-state index contributed by atoms with van der Waals surface area (Å²) < 4.78 is 4.20. The molecule has 1 aromatic heterocycles. The van der Waals surface area contributed by atoms with Gasteiger partial charge in [-0.2, -0.15) is 4.98 Å². The summed E-state index contributed by atoms with van der Waals surface area (Å²) in [5.74, 6) is 0.743. The number of rotatable bonds is 5. The van der Waals surface area contributed by atoms with Gasteiger partial charge >= 0.3 is 0 Å². The zero-order valence-corrected chi connectivity index (χ0v) is 17.6. The van der Waals surface area contributed by atoms with Crippen LogP contribution in [0.25, 0.3) is 0 Å². The first-order valence-corrected chi connectivity index (χ1v) is 10.3. The van der Waals surface area contributed by atoms with Crippen molar-refractivity contribution in [3.63, 3.8) is 0 Å². The molecule has 25 heavy (non-hydrogen) atoms. The van der Waals surface area contributed by atoms with Crippen LogP contribution in [-0.2, 0) is 12.3 Å². The van der Waals surface area contributed by atoms with Gasteiger partial charge in [-0.1, -0.05) is 80.0 Å². The normalized spacial score (nSPS) is 10.8. The second kappa shape index (κ2) is 8.34. The van der Waals surface area contributed by atoms with E-state index in [2.05, 4.69) is 53.5 Å². The maximum Gasteiger partial charge on any atom is 0.273 e. The Morgan fingerprint density at radius 3 is 2.24 bits per heavy atom. The molecule has 0 amide bonds. The fourth-order valence-electron chi connectivity index (χ4n) is 2.45. The first kappa shape index (κ1) is 18.4. The molecule has 3 nitrogen and oxygen atoms in total. The molecule has 0 fully saturated rings. The molecular formula is C19H16Br2N2OS. The highest BCUT2D eigenvalue weighted by Gasteiger charge is 2.11. The van der Waals surface area contributed by atoms with Crippen molar-refractivity contribution < 1.29 is 0 Å². The van der Waals surface area contributed by atoms with Gasteiger partial charge < -0.3 is 4.57 Å². The van der Waals surface area contributed by atoms with E-state index in [4.69, 9.17) is 0 Å². The van der Waals surface area contributed by atoms with E-state index in [1.165, 1.54) is 5.56 Å². The second-order valence-corrected chi connectivity index (χ2v) is 8.23. The largest absolute Gasteiger partial charge is 0.320 e. The number of thioether (sulfide) groups is 1. The Morgan fingerprint density at radius 1 is 1.00 bits per heavy atom. The van der Waals surface area contributed by atoms with Gasteiger partial charge in [0.1, 0.15) is 0 Å². The van der Waals surface area contributed by atoms with E-state index in [9.17, 15) is 4.79 Å². The van der Waals surface area contributed by atoms with Gasteiger partial charge in [0.25, 0.3) is 5.56 Å². The van der Waals surface area contributed by atoms with E-state index >= 15 is 0 Å². The highest BCUT2D eigenvalue weighted by atomic mass is 79.9. The lowest BCUT2D eigenvalue weighted by molar-refractivity contribution is 0.638. The summed E-state index contributed by atoms with van der Waals surface area (Å²) in [6.07, 6.45) is 0. The lowest BCUT2D eigenvalue weighted by Gasteiger charge is -2.16. The van der Waals surface area contributed by atoms with Gasteiger partial charge in [-0.15, -0.1) is 0 Å². The summed E-state index contributed by atoms with van der Waals surface area (Å²) in [4.78, 5) is 16.1. The molecule has 0 unspecified atom stereocenters. The fraction of sp³-hybridized carbons (Fsp3) is 0.158. The molecular weight excluding hydrogens is 464 g/mol. The maximum absolute atomic E-state index is 11.9. The van der Waals surface area contributed by atoms with Crippen LogP contribution in [0.1, 0.15) is 16.8 Å². The standard InChI is InChI=1S/C19H16Br2N2OS/c1-13-10-18(24)22-19(25-12-15-7-3-5-9-17(15)21)23(13)11-14-6-2-4-8-16(14)20/h2-10H,11-12H2,1H3. The van der Waals surface area contributed by atoms with Gasteiger partial charge in [0, 0.05) is 26.5 Å². The molecule has 0 aliphatic heterocycles. The maximum atomic E-state index is 11.9. The van der Waals surface area contributed by atoms with Gasteiger partial charge in [0.05, 0.1) is 6.54 Å². The predicted octanol–water partition coefficient (Wildman–Crippen LogP) is 5.42. The van der Waals surface area contributed by atoms with Crippen LogP contribution in [-0.4, -0.2) is 9.55 Å². The van der Waals surface area contributed by atoms with E-state index in [0.29, 0.717) is 6.54 Å². The van der Waals surface area contributed by atoms with Crippen LogP contribution in [0.5, 0.6) is 0 Å². The van der Waals surface area contributed by atoms with E-state index in [1.807, 2.05) is 43.3 Å². The van der Waals surface area contributed by atoms with Crippen molar-refractivity contribution in [1.82, 2.24) is 9.55 Å². The number of halogens is 2. The van der Waals surface area contributed by atoms with E-state index < -0.39 is 0 Å². The lowest BCUT2D eigenvalue weighted by Crippen LogP contribution is -2.17. The predicted molar refractivity (Wildman–Crippen MR) is 110 cm³/mol. The van der Waals surface area contributed by atoms with Crippen molar-refractivity contribution in [2.75, 3.05) is 0 Å². The number of benzene rings is 2. The zero-order chi connectivity index (χ0) is 17.8. The van der Waals surface area contributed by atoms with Gasteiger partial charge in [0.2, 0.25) is 0 Å². The SMILES string of the molecule is Cc1cc(=O)nc(SCc2ccccc2Br)n1Cc1ccccc1Br. The Balaban J connectivity index is 1.92. The number of aryl methyl sites for hydroxylation is 1. The van der Waals surface area contributed by atoms with Gasteiger partial charge in [-0.3, -0.25) is 4.79 Å². The Hall–Kier alpha value is -1.37. The molecule has 0 aliphatic rings. The lowest BCUT2D eigenvalue weighted by atomic mass is 10.2. The Morgan fingerprint density at radius 2 is 1.60 bits per heavy atom. The monoisotopic (exact) mass is 478 g/mol. The van der Waals surface area contributed by atoms with Crippen molar-refractivity contribution in [2.24, 2.45) is 0 Å². The highest BCUT2D eigenvalue weighted by Crippen LogP contribution is 2.27. The number of nitrogens with zero attached hydrogens (tertiary/aromatic N) is 2. The molecule has 3 aromatic rings. The van der Waals surface area contributed by atoms with Crippen LogP contribution in [0.3, 0.4) is 0 Å². The average molecular weight is 480 g/mol. The number of hydrogen-bond donors (Lipinski definition) is 0. The summed E-state index contributed by atoms with van der Waals surface area (Å²) in [7, 11) is 0. The summed E-state index contributed by atoms with van der Waals surface area (Å²) >= 11 is 8.74. The molecule has 0 radical (unpaired) electrons. The van der Waals surface area contributed by atoms with Crippen molar-refractivity contribution in [2.45, 2.75) is 24.4 Å². The third kappa shape index (κ3) is 4.63. The van der Waals surface area contributed by atoms with Crippen LogP contribution < -0.4 is 5.56 Å². The molecule has 0 saturated carbocycles. The molecule has 0 atom stereocenters. The van der Waals surface area contributed by atoms with Gasteiger partial charge in [-0.05, 0) is 30.2 Å². The topological polar surface area (TPSA) is 34.9 Å². The number of hydrogen-bond acceptors (Lipinski definition) is 3. The molecule has 0 bridgehead atoms. The van der Waals surface area contributed by atoms with E-state index in [0.717, 1.165) is 31.1 Å². The zero-order valence-electron chi connectivity index (χ0n) is 13.6. The van der Waals surface area contributed by atoms with Crippen molar-refractivity contribution in [3.05, 3.63) is 90.7 Å². The minimum Gasteiger partial charge on any atom is -0.320 e. The molecule has 0 saturated heterocycles. The summed E-state index contributed by atoms with van der Waals surface area (Å²) in [6, 6.07) is 17.8. The highest BCUT2D eigenvalue weighted by molar-refractivity contribution is 9.10. The van der Waals surface area contributed by atoms with Crippen LogP contribution in [0.15, 0.2) is 73.5 Å². The fourth-order valence-corrected chi connectivity index (χ4v) is 4.53. The Labute approximate surface area is 167 Å².